The fourth-order valence-electron chi connectivity index (χ4n) is 1.36. The summed E-state index contributed by atoms with van der Waals surface area (Å²) in [4.78, 5) is 5.45. The van der Waals surface area contributed by atoms with Crippen LogP contribution in [0, 0.1) is 25.2 Å². The van der Waals surface area contributed by atoms with Gasteiger partial charge in [-0.3, -0.25) is 0 Å². The largest absolute Gasteiger partial charge is 0.229 e. The van der Waals surface area contributed by atoms with E-state index < -0.39 is 0 Å². The number of azo groups is 1. The zero-order chi connectivity index (χ0) is 13.0. The highest BCUT2D eigenvalue weighted by Gasteiger charge is 2.01. The fraction of sp³-hybridized carbons (Fsp3) is 0.231. The Kier molecular flexibility index (Phi) is 3.80. The highest BCUT2D eigenvalue weighted by Crippen LogP contribution is 2.24. The number of thiazole rings is 1. The first-order valence-corrected chi connectivity index (χ1v) is 6.31. The lowest BCUT2D eigenvalue weighted by Gasteiger charge is -1.94. The van der Waals surface area contributed by atoms with Gasteiger partial charge in [0, 0.05) is 4.88 Å². The van der Waals surface area contributed by atoms with Crippen LogP contribution in [0.1, 0.15) is 21.7 Å². The summed E-state index contributed by atoms with van der Waals surface area (Å²) in [6.45, 7) is 4.49. The number of aromatic nitrogens is 1. The molecule has 0 radical (unpaired) electrons. The zero-order valence-corrected chi connectivity index (χ0v) is 11.0. The Hall–Kier alpha value is -2.06. The first-order chi connectivity index (χ1) is 8.69. The van der Waals surface area contributed by atoms with Gasteiger partial charge < -0.3 is 0 Å². The van der Waals surface area contributed by atoms with Gasteiger partial charge in [0.1, 0.15) is 0 Å². The lowest BCUT2D eigenvalue weighted by Crippen LogP contribution is -1.80. The first-order valence-electron chi connectivity index (χ1n) is 5.49. The van der Waals surface area contributed by atoms with Gasteiger partial charge in [-0.1, -0.05) is 23.5 Å². The van der Waals surface area contributed by atoms with Crippen molar-refractivity contribution in [3.05, 3.63) is 46.0 Å². The normalized spacial score (nSPS) is 10.7. The number of nitrogens with zero attached hydrogens (tertiary/aromatic N) is 4. The Morgan fingerprint density at radius 2 is 2.00 bits per heavy atom. The summed E-state index contributed by atoms with van der Waals surface area (Å²) < 4.78 is 0. The highest BCUT2D eigenvalue weighted by molar-refractivity contribution is 7.15. The Bertz CT molecular complexity index is 585. The number of rotatable bonds is 3. The minimum absolute atomic E-state index is 0.503. The van der Waals surface area contributed by atoms with Gasteiger partial charge in [0.2, 0.25) is 5.13 Å². The highest BCUT2D eigenvalue weighted by atomic mass is 32.1. The number of hydrogen-bond acceptors (Lipinski definition) is 5. The Balaban J connectivity index is 2.00. The van der Waals surface area contributed by atoms with Gasteiger partial charge in [0.05, 0.1) is 23.9 Å². The molecule has 0 saturated carbocycles. The molecule has 0 saturated heterocycles. The monoisotopic (exact) mass is 256 g/mol. The molecule has 1 heterocycles. The van der Waals surface area contributed by atoms with E-state index in [1.54, 1.807) is 23.5 Å². The second-order valence-corrected chi connectivity index (χ2v) is 5.03. The van der Waals surface area contributed by atoms with Crippen LogP contribution in [-0.4, -0.2) is 4.98 Å². The van der Waals surface area contributed by atoms with E-state index in [9.17, 15) is 0 Å². The molecule has 0 aliphatic heterocycles. The SMILES string of the molecule is Cc1nc(N=NCc2ccc(C#N)cc2)sc1C. The average Bonchev–Trinajstić information content (AvgIpc) is 2.69. The second kappa shape index (κ2) is 5.52. The first kappa shape index (κ1) is 12.4. The molecule has 1 aromatic carbocycles. The van der Waals surface area contributed by atoms with E-state index in [-0.39, 0.29) is 0 Å². The lowest BCUT2D eigenvalue weighted by atomic mass is 10.1. The van der Waals surface area contributed by atoms with Gasteiger partial charge in [-0.05, 0) is 31.5 Å². The van der Waals surface area contributed by atoms with Crippen molar-refractivity contribution < 1.29 is 0 Å². The van der Waals surface area contributed by atoms with Crippen LogP contribution in [0.4, 0.5) is 5.13 Å². The summed E-state index contributed by atoms with van der Waals surface area (Å²) in [5.74, 6) is 0. The predicted octanol–water partition coefficient (Wildman–Crippen LogP) is 3.92. The standard InChI is InChI=1S/C13H12N4S/c1-9-10(2)18-13(16-9)17-15-8-12-5-3-11(7-14)4-6-12/h3-6H,8H2,1-2H3. The molecule has 0 fully saturated rings. The van der Waals surface area contributed by atoms with Crippen LogP contribution in [0.3, 0.4) is 0 Å². The number of benzene rings is 1. The Morgan fingerprint density at radius 3 is 2.56 bits per heavy atom. The predicted molar refractivity (Wildman–Crippen MR) is 71.0 cm³/mol. The van der Waals surface area contributed by atoms with E-state index >= 15 is 0 Å². The minimum atomic E-state index is 0.503. The summed E-state index contributed by atoms with van der Waals surface area (Å²) in [5, 5.41) is 17.6. The van der Waals surface area contributed by atoms with E-state index in [0.717, 1.165) is 11.3 Å². The van der Waals surface area contributed by atoms with E-state index in [1.807, 2.05) is 26.0 Å². The van der Waals surface area contributed by atoms with Gasteiger partial charge in [0.25, 0.3) is 0 Å². The van der Waals surface area contributed by atoms with Gasteiger partial charge in [0.15, 0.2) is 0 Å². The van der Waals surface area contributed by atoms with Crippen molar-refractivity contribution >= 4 is 16.5 Å². The molecule has 0 spiro atoms. The molecule has 0 unspecified atom stereocenters. The molecular weight excluding hydrogens is 244 g/mol. The van der Waals surface area contributed by atoms with Crippen molar-refractivity contribution in [1.82, 2.24) is 4.98 Å². The average molecular weight is 256 g/mol. The molecule has 0 aliphatic carbocycles. The molecule has 0 N–H and O–H groups in total. The molecule has 0 atom stereocenters. The third-order valence-corrected chi connectivity index (χ3v) is 3.47. The van der Waals surface area contributed by atoms with Crippen LogP contribution in [0.5, 0.6) is 0 Å². The molecule has 2 rings (SSSR count). The summed E-state index contributed by atoms with van der Waals surface area (Å²) in [5.41, 5.74) is 2.69. The number of nitriles is 1. The molecule has 90 valence electrons. The van der Waals surface area contributed by atoms with Crippen molar-refractivity contribution in [3.8, 4) is 6.07 Å². The topological polar surface area (TPSA) is 61.4 Å². The van der Waals surface area contributed by atoms with Crippen LogP contribution in [0.15, 0.2) is 34.5 Å². The molecule has 2 aromatic rings. The smallest absolute Gasteiger partial charge is 0.222 e. The van der Waals surface area contributed by atoms with E-state index in [2.05, 4.69) is 21.3 Å². The third kappa shape index (κ3) is 2.99. The van der Waals surface area contributed by atoms with Crippen molar-refractivity contribution in [2.45, 2.75) is 20.4 Å². The van der Waals surface area contributed by atoms with Crippen LogP contribution in [0.25, 0.3) is 0 Å². The summed E-state index contributed by atoms with van der Waals surface area (Å²) >= 11 is 1.54. The van der Waals surface area contributed by atoms with Gasteiger partial charge in [-0.2, -0.15) is 10.4 Å². The minimum Gasteiger partial charge on any atom is -0.222 e. The van der Waals surface area contributed by atoms with E-state index in [4.69, 9.17) is 5.26 Å². The molecule has 1 aromatic heterocycles. The van der Waals surface area contributed by atoms with Crippen LogP contribution in [-0.2, 0) is 6.54 Å². The van der Waals surface area contributed by atoms with E-state index in [1.165, 1.54) is 4.88 Å². The van der Waals surface area contributed by atoms with E-state index in [0.29, 0.717) is 17.2 Å². The van der Waals surface area contributed by atoms with Gasteiger partial charge >= 0.3 is 0 Å². The zero-order valence-electron chi connectivity index (χ0n) is 10.2. The van der Waals surface area contributed by atoms with Crippen LogP contribution in [0.2, 0.25) is 0 Å². The molecule has 18 heavy (non-hydrogen) atoms. The van der Waals surface area contributed by atoms with Gasteiger partial charge in [-0.25, -0.2) is 4.98 Å². The van der Waals surface area contributed by atoms with Crippen molar-refractivity contribution in [3.63, 3.8) is 0 Å². The van der Waals surface area contributed by atoms with Crippen molar-refractivity contribution in [1.29, 1.82) is 5.26 Å². The molecule has 0 bridgehead atoms. The number of aryl methyl sites for hydroxylation is 2. The Labute approximate surface area is 110 Å². The second-order valence-electron chi connectivity index (χ2n) is 3.85. The molecule has 4 nitrogen and oxygen atoms in total. The summed E-state index contributed by atoms with van der Waals surface area (Å²) in [7, 11) is 0. The van der Waals surface area contributed by atoms with Crippen molar-refractivity contribution in [2.75, 3.05) is 0 Å². The summed E-state index contributed by atoms with van der Waals surface area (Å²) in [6.07, 6.45) is 0. The summed E-state index contributed by atoms with van der Waals surface area (Å²) in [6, 6.07) is 9.41. The van der Waals surface area contributed by atoms with Crippen molar-refractivity contribution in [2.24, 2.45) is 10.2 Å². The third-order valence-electron chi connectivity index (χ3n) is 2.51. The quantitative estimate of drug-likeness (QED) is 0.781. The maximum Gasteiger partial charge on any atom is 0.229 e. The molecule has 0 amide bonds. The van der Waals surface area contributed by atoms with Crippen LogP contribution < -0.4 is 0 Å². The van der Waals surface area contributed by atoms with Crippen LogP contribution >= 0.6 is 11.3 Å². The fourth-order valence-corrected chi connectivity index (χ4v) is 2.11. The Morgan fingerprint density at radius 1 is 1.28 bits per heavy atom. The lowest BCUT2D eigenvalue weighted by molar-refractivity contribution is 0.952. The molecule has 5 heteroatoms. The maximum absolute atomic E-state index is 8.68. The number of hydrogen-bond donors (Lipinski definition) is 0. The maximum atomic E-state index is 8.68. The van der Waals surface area contributed by atoms with Gasteiger partial charge in [-0.15, -0.1) is 5.11 Å². The molecular formula is C13H12N4S. The molecule has 0 aliphatic rings.